The van der Waals surface area contributed by atoms with Crippen molar-refractivity contribution in [1.29, 1.82) is 0 Å². The van der Waals surface area contributed by atoms with Gasteiger partial charge in [-0.25, -0.2) is 9.69 Å². The molecule has 0 rings (SSSR count). The van der Waals surface area contributed by atoms with Crippen molar-refractivity contribution in [3.05, 3.63) is 34.4 Å². The molecular formula is C13H18CuN2O3. The van der Waals surface area contributed by atoms with Gasteiger partial charge in [0.25, 0.3) is 0 Å². The Balaban J connectivity index is 0. The zero-order valence-corrected chi connectivity index (χ0v) is 11.9. The standard InChI is InChI=1S/C13H18N2O3.Cu/c1-4-5-6-7-8-9-10-18-13(17)11(14-2)12(16)15-3;/h16H,4-10H2,1H3;/b12-11+;. The maximum Gasteiger partial charge on any atom is 0.351 e. The van der Waals surface area contributed by atoms with Crippen LogP contribution in [0.3, 0.4) is 0 Å². The second-order valence-electron chi connectivity index (χ2n) is 3.80. The summed E-state index contributed by atoms with van der Waals surface area (Å²) in [7, 11) is 0. The van der Waals surface area contributed by atoms with Crippen LogP contribution in [0, 0.1) is 13.1 Å². The summed E-state index contributed by atoms with van der Waals surface area (Å²) < 4.78 is 4.81. The van der Waals surface area contributed by atoms with Crippen LogP contribution in [-0.2, 0) is 26.6 Å². The number of carbonyl (C=O) groups is 1. The average molecular weight is 314 g/mol. The molecule has 0 spiro atoms. The third kappa shape index (κ3) is 9.13. The Morgan fingerprint density at radius 2 is 1.68 bits per heavy atom. The number of rotatable bonds is 8. The van der Waals surface area contributed by atoms with E-state index in [0.717, 1.165) is 19.3 Å². The number of hydrogen-bond acceptors (Lipinski definition) is 3. The van der Waals surface area contributed by atoms with Crippen molar-refractivity contribution in [2.45, 2.75) is 45.4 Å². The molecule has 0 amide bonds. The zero-order valence-electron chi connectivity index (χ0n) is 10.9. The molecule has 0 bridgehead atoms. The van der Waals surface area contributed by atoms with Gasteiger partial charge in [0.15, 0.2) is 0 Å². The molecule has 19 heavy (non-hydrogen) atoms. The van der Waals surface area contributed by atoms with Crippen molar-refractivity contribution in [1.82, 2.24) is 0 Å². The molecule has 1 N–H and O–H groups in total. The number of hydrogen-bond donors (Lipinski definition) is 1. The number of aliphatic hydroxyl groups is 1. The number of aliphatic hydroxyl groups excluding tert-OH is 1. The Kier molecular flexibility index (Phi) is 13.5. The Morgan fingerprint density at radius 1 is 1.11 bits per heavy atom. The summed E-state index contributed by atoms with van der Waals surface area (Å²) in [5.74, 6) is -1.83. The molecule has 6 heteroatoms. The SMILES string of the molecule is [C-]#[N+]/C(O)=C(\[N+]#[C-])C(=O)OCCCCCCCC.[Cu]. The van der Waals surface area contributed by atoms with Crippen molar-refractivity contribution in [2.75, 3.05) is 6.61 Å². The van der Waals surface area contributed by atoms with E-state index >= 15 is 0 Å². The summed E-state index contributed by atoms with van der Waals surface area (Å²) in [5, 5.41) is 9.00. The largest absolute Gasteiger partial charge is 0.540 e. The quantitative estimate of drug-likeness (QED) is 0.186. The Labute approximate surface area is 124 Å². The normalized spacial score (nSPS) is 10.5. The third-order valence-corrected chi connectivity index (χ3v) is 2.35. The van der Waals surface area contributed by atoms with Crippen molar-refractivity contribution < 1.29 is 31.7 Å². The minimum absolute atomic E-state index is 0. The molecule has 1 radical (unpaired) electrons. The van der Waals surface area contributed by atoms with E-state index in [0.29, 0.717) is 0 Å². The van der Waals surface area contributed by atoms with E-state index in [-0.39, 0.29) is 23.7 Å². The van der Waals surface area contributed by atoms with E-state index in [2.05, 4.69) is 16.6 Å². The minimum atomic E-state index is -0.924. The second-order valence-corrected chi connectivity index (χ2v) is 3.80. The predicted octanol–water partition coefficient (Wildman–Crippen LogP) is 3.45. The van der Waals surface area contributed by atoms with Gasteiger partial charge in [0.2, 0.25) is 0 Å². The number of nitrogens with zero attached hydrogens (tertiary/aromatic N) is 2. The molecule has 0 aromatic heterocycles. The van der Waals surface area contributed by atoms with E-state index in [1.807, 2.05) is 0 Å². The zero-order chi connectivity index (χ0) is 13.8. The third-order valence-electron chi connectivity index (χ3n) is 2.35. The van der Waals surface area contributed by atoms with E-state index in [4.69, 9.17) is 23.0 Å². The Bertz CT molecular complexity index is 380. The summed E-state index contributed by atoms with van der Waals surface area (Å²) in [6.07, 6.45) is 6.38. The molecule has 0 aromatic carbocycles. The second kappa shape index (κ2) is 13.0. The molecule has 0 fully saturated rings. The average Bonchev–Trinajstić information content (AvgIpc) is 2.38. The van der Waals surface area contributed by atoms with Crippen molar-refractivity contribution in [2.24, 2.45) is 0 Å². The van der Waals surface area contributed by atoms with Gasteiger partial charge in [-0.15, -0.1) is 0 Å². The molecule has 0 aliphatic rings. The van der Waals surface area contributed by atoms with Gasteiger partial charge in [0, 0.05) is 17.1 Å². The molecule has 0 heterocycles. The first-order chi connectivity index (χ1) is 8.67. The van der Waals surface area contributed by atoms with E-state index in [1.165, 1.54) is 19.3 Å². The Morgan fingerprint density at radius 3 is 2.21 bits per heavy atom. The van der Waals surface area contributed by atoms with Crippen LogP contribution in [0.25, 0.3) is 9.69 Å². The van der Waals surface area contributed by atoms with Crippen molar-refractivity contribution in [3.8, 4) is 0 Å². The summed E-state index contributed by atoms with van der Waals surface area (Å²) >= 11 is 0. The van der Waals surface area contributed by atoms with Crippen LogP contribution >= 0.6 is 0 Å². The van der Waals surface area contributed by atoms with Crippen LogP contribution in [0.4, 0.5) is 0 Å². The fraction of sp³-hybridized carbons (Fsp3) is 0.615. The smallest absolute Gasteiger partial charge is 0.351 e. The number of esters is 1. The van der Waals surface area contributed by atoms with Gasteiger partial charge in [-0.1, -0.05) is 39.0 Å². The van der Waals surface area contributed by atoms with Gasteiger partial charge in [-0.05, 0) is 6.42 Å². The molecular weight excluding hydrogens is 296 g/mol. The summed E-state index contributed by atoms with van der Waals surface area (Å²) in [6.45, 7) is 15.5. The molecule has 5 nitrogen and oxygen atoms in total. The van der Waals surface area contributed by atoms with E-state index in [9.17, 15) is 4.79 Å². The maximum absolute atomic E-state index is 11.3. The number of unbranched alkanes of at least 4 members (excludes halogenated alkanes) is 5. The topological polar surface area (TPSA) is 55.2 Å². The molecule has 0 saturated heterocycles. The molecule has 0 atom stereocenters. The first kappa shape index (κ1) is 19.8. The van der Waals surface area contributed by atoms with Crippen LogP contribution in [0.5, 0.6) is 0 Å². The van der Waals surface area contributed by atoms with Crippen LogP contribution in [-0.4, -0.2) is 17.7 Å². The summed E-state index contributed by atoms with van der Waals surface area (Å²) in [5.41, 5.74) is -0.643. The van der Waals surface area contributed by atoms with Gasteiger partial charge in [-0.2, -0.15) is 0 Å². The van der Waals surface area contributed by atoms with Gasteiger partial charge in [-0.3, -0.25) is 4.79 Å². The first-order valence-corrected chi connectivity index (χ1v) is 6.02. The maximum atomic E-state index is 11.3. The summed E-state index contributed by atoms with van der Waals surface area (Å²) in [6, 6.07) is 0. The molecule has 0 saturated carbocycles. The number of carbonyl (C=O) groups excluding carboxylic acids is 1. The van der Waals surface area contributed by atoms with E-state index < -0.39 is 17.5 Å². The minimum Gasteiger partial charge on any atom is -0.540 e. The van der Waals surface area contributed by atoms with Crippen LogP contribution in [0.1, 0.15) is 45.4 Å². The fourth-order valence-electron chi connectivity index (χ4n) is 1.36. The van der Waals surface area contributed by atoms with Gasteiger partial charge < -0.3 is 9.84 Å². The first-order valence-electron chi connectivity index (χ1n) is 6.02. The van der Waals surface area contributed by atoms with Crippen LogP contribution in [0.15, 0.2) is 11.6 Å². The van der Waals surface area contributed by atoms with Gasteiger partial charge in [0.1, 0.15) is 0 Å². The molecule has 109 valence electrons. The van der Waals surface area contributed by atoms with E-state index in [1.54, 1.807) is 0 Å². The number of ether oxygens (including phenoxy) is 1. The van der Waals surface area contributed by atoms with Crippen molar-refractivity contribution >= 4 is 5.97 Å². The fourth-order valence-corrected chi connectivity index (χ4v) is 1.36. The predicted molar refractivity (Wildman–Crippen MR) is 67.2 cm³/mol. The molecule has 0 aliphatic carbocycles. The van der Waals surface area contributed by atoms with Crippen molar-refractivity contribution in [3.63, 3.8) is 0 Å². The van der Waals surface area contributed by atoms with Crippen LogP contribution < -0.4 is 0 Å². The molecule has 0 aromatic rings. The van der Waals surface area contributed by atoms with Crippen LogP contribution in [0.2, 0.25) is 0 Å². The monoisotopic (exact) mass is 313 g/mol. The molecule has 0 aliphatic heterocycles. The Hall–Kier alpha value is -1.49. The molecule has 0 unspecified atom stereocenters. The van der Waals surface area contributed by atoms with Gasteiger partial charge >= 0.3 is 17.5 Å². The van der Waals surface area contributed by atoms with Gasteiger partial charge in [0.05, 0.1) is 19.8 Å². The summed E-state index contributed by atoms with van der Waals surface area (Å²) in [4.78, 5) is 16.7.